The minimum Gasteiger partial charge on any atom is -0.453 e. The first-order chi connectivity index (χ1) is 12.3. The van der Waals surface area contributed by atoms with E-state index in [0.717, 1.165) is 6.07 Å². The number of aromatic nitrogens is 2. The van der Waals surface area contributed by atoms with Crippen LogP contribution in [0.5, 0.6) is 0 Å². The Hall–Kier alpha value is -2.49. The third-order valence-corrected chi connectivity index (χ3v) is 4.82. The van der Waals surface area contributed by atoms with Gasteiger partial charge < -0.3 is 13.7 Å². The van der Waals surface area contributed by atoms with Gasteiger partial charge in [0.05, 0.1) is 23.1 Å². The van der Waals surface area contributed by atoms with Gasteiger partial charge in [0.2, 0.25) is 10.0 Å². The van der Waals surface area contributed by atoms with Crippen LogP contribution in [0.4, 0.5) is 4.39 Å². The molecular formula is C17H18FN3O4S. The SMILES string of the molecule is COC[C@H](C)n1ccnc1-c1ccc(-c2ccc(S(N)(=O)=O)cc2F)o1. The maximum absolute atomic E-state index is 14.3. The predicted molar refractivity (Wildman–Crippen MR) is 93.3 cm³/mol. The molecule has 0 fully saturated rings. The van der Waals surface area contributed by atoms with Gasteiger partial charge in [-0.15, -0.1) is 0 Å². The highest BCUT2D eigenvalue weighted by atomic mass is 32.2. The lowest BCUT2D eigenvalue weighted by molar-refractivity contribution is 0.162. The molecule has 2 aromatic heterocycles. The van der Waals surface area contributed by atoms with Crippen LogP contribution in [0.25, 0.3) is 22.9 Å². The standard InChI is InChI=1S/C17H18FN3O4S/c1-11(10-24-2)21-8-7-20-17(21)16-6-5-15(25-16)13-4-3-12(9-14(13)18)26(19,22)23/h3-9,11H,10H2,1-2H3,(H2,19,22,23)/t11-/m0/s1. The number of hydrogen-bond donors (Lipinski definition) is 1. The molecule has 9 heteroatoms. The molecule has 2 N–H and O–H groups in total. The Morgan fingerprint density at radius 1 is 1.31 bits per heavy atom. The van der Waals surface area contributed by atoms with Gasteiger partial charge in [0, 0.05) is 19.5 Å². The molecule has 2 heterocycles. The first-order valence-corrected chi connectivity index (χ1v) is 9.30. The highest BCUT2D eigenvalue weighted by Crippen LogP contribution is 2.31. The Labute approximate surface area is 150 Å². The van der Waals surface area contributed by atoms with Gasteiger partial charge >= 0.3 is 0 Å². The summed E-state index contributed by atoms with van der Waals surface area (Å²) in [6.07, 6.45) is 3.45. The highest BCUT2D eigenvalue weighted by Gasteiger charge is 2.18. The van der Waals surface area contributed by atoms with Crippen molar-refractivity contribution in [3.63, 3.8) is 0 Å². The van der Waals surface area contributed by atoms with E-state index in [2.05, 4.69) is 4.98 Å². The Bertz CT molecular complexity index is 1030. The minimum atomic E-state index is -3.97. The number of methoxy groups -OCH3 is 1. The molecule has 0 unspecified atom stereocenters. The lowest BCUT2D eigenvalue weighted by atomic mass is 10.1. The maximum atomic E-state index is 14.3. The van der Waals surface area contributed by atoms with Crippen LogP contribution in [0.2, 0.25) is 0 Å². The van der Waals surface area contributed by atoms with Crippen molar-refractivity contribution < 1.29 is 22.0 Å². The molecule has 1 aromatic carbocycles. The van der Waals surface area contributed by atoms with Crippen LogP contribution >= 0.6 is 0 Å². The Morgan fingerprint density at radius 2 is 2.04 bits per heavy atom. The van der Waals surface area contributed by atoms with Gasteiger partial charge in [0.15, 0.2) is 11.6 Å². The Morgan fingerprint density at radius 3 is 2.69 bits per heavy atom. The van der Waals surface area contributed by atoms with E-state index in [1.165, 1.54) is 12.1 Å². The number of sulfonamides is 1. The van der Waals surface area contributed by atoms with Crippen molar-refractivity contribution in [2.24, 2.45) is 5.14 Å². The van der Waals surface area contributed by atoms with Gasteiger partial charge in [-0.05, 0) is 37.3 Å². The van der Waals surface area contributed by atoms with Crippen LogP contribution in [-0.2, 0) is 14.8 Å². The quantitative estimate of drug-likeness (QED) is 0.710. The maximum Gasteiger partial charge on any atom is 0.238 e. The van der Waals surface area contributed by atoms with E-state index in [1.807, 2.05) is 17.7 Å². The molecule has 0 radical (unpaired) electrons. The van der Waals surface area contributed by atoms with E-state index in [-0.39, 0.29) is 22.3 Å². The number of nitrogens with zero attached hydrogens (tertiary/aromatic N) is 2. The topological polar surface area (TPSA) is 100 Å². The van der Waals surface area contributed by atoms with Gasteiger partial charge in [-0.3, -0.25) is 0 Å². The molecule has 138 valence electrons. The molecule has 0 saturated carbocycles. The van der Waals surface area contributed by atoms with Gasteiger partial charge in [-0.25, -0.2) is 22.9 Å². The van der Waals surface area contributed by atoms with Gasteiger partial charge in [-0.1, -0.05) is 0 Å². The van der Waals surface area contributed by atoms with E-state index in [4.69, 9.17) is 14.3 Å². The van der Waals surface area contributed by atoms with Crippen molar-refractivity contribution in [3.05, 3.63) is 48.5 Å². The average molecular weight is 379 g/mol. The number of rotatable bonds is 6. The second-order valence-corrected chi connectivity index (χ2v) is 7.37. The summed E-state index contributed by atoms with van der Waals surface area (Å²) in [7, 11) is -2.35. The van der Waals surface area contributed by atoms with Crippen LogP contribution < -0.4 is 5.14 Å². The summed E-state index contributed by atoms with van der Waals surface area (Å²) in [6, 6.07) is 6.74. The van der Waals surface area contributed by atoms with Crippen LogP contribution in [0.1, 0.15) is 13.0 Å². The van der Waals surface area contributed by atoms with Crippen LogP contribution in [0.15, 0.2) is 52.0 Å². The molecular weight excluding hydrogens is 361 g/mol. The molecule has 0 bridgehead atoms. The van der Waals surface area contributed by atoms with Crippen molar-refractivity contribution in [2.75, 3.05) is 13.7 Å². The molecule has 26 heavy (non-hydrogen) atoms. The van der Waals surface area contributed by atoms with Crippen molar-refractivity contribution in [1.29, 1.82) is 0 Å². The normalized spacial score (nSPS) is 13.1. The lowest BCUT2D eigenvalue weighted by Gasteiger charge is -2.14. The number of halogens is 1. The van der Waals surface area contributed by atoms with Crippen LogP contribution in [0.3, 0.4) is 0 Å². The number of ether oxygens (including phenoxy) is 1. The third kappa shape index (κ3) is 3.55. The molecule has 0 saturated heterocycles. The second-order valence-electron chi connectivity index (χ2n) is 5.81. The fourth-order valence-electron chi connectivity index (χ4n) is 2.66. The van der Waals surface area contributed by atoms with Gasteiger partial charge in [0.1, 0.15) is 11.6 Å². The molecule has 0 spiro atoms. The summed E-state index contributed by atoms with van der Waals surface area (Å²) >= 11 is 0. The summed E-state index contributed by atoms with van der Waals surface area (Å²) in [6.45, 7) is 2.48. The van der Waals surface area contributed by atoms with Crippen molar-refractivity contribution >= 4 is 10.0 Å². The third-order valence-electron chi connectivity index (χ3n) is 3.91. The van der Waals surface area contributed by atoms with Crippen molar-refractivity contribution in [3.8, 4) is 22.9 Å². The summed E-state index contributed by atoms with van der Waals surface area (Å²) in [5, 5.41) is 5.01. The molecule has 1 atom stereocenters. The van der Waals surface area contributed by atoms with Gasteiger partial charge in [0.25, 0.3) is 0 Å². The second kappa shape index (κ2) is 7.02. The van der Waals surface area contributed by atoms with Crippen LogP contribution in [-0.4, -0.2) is 31.7 Å². The summed E-state index contributed by atoms with van der Waals surface area (Å²) < 4.78 is 49.7. The average Bonchev–Trinajstić information content (AvgIpc) is 3.23. The van der Waals surface area contributed by atoms with Crippen LogP contribution in [0, 0.1) is 5.82 Å². The number of imidazole rings is 1. The zero-order chi connectivity index (χ0) is 18.9. The number of furan rings is 1. The minimum absolute atomic E-state index is 0.0387. The van der Waals surface area contributed by atoms with E-state index in [0.29, 0.717) is 18.2 Å². The van der Waals surface area contributed by atoms with Gasteiger partial charge in [-0.2, -0.15) is 0 Å². The molecule has 0 aliphatic rings. The first kappa shape index (κ1) is 18.3. The molecule has 3 aromatic rings. The van der Waals surface area contributed by atoms with E-state index >= 15 is 0 Å². The van der Waals surface area contributed by atoms with Crippen molar-refractivity contribution in [1.82, 2.24) is 9.55 Å². The Balaban J connectivity index is 1.96. The fraction of sp³-hybridized carbons (Fsp3) is 0.235. The first-order valence-electron chi connectivity index (χ1n) is 7.76. The number of nitrogens with two attached hydrogens (primary N) is 1. The molecule has 0 aliphatic carbocycles. The molecule has 7 nitrogen and oxygen atoms in total. The highest BCUT2D eigenvalue weighted by molar-refractivity contribution is 7.89. The smallest absolute Gasteiger partial charge is 0.238 e. The number of primary sulfonamides is 1. The zero-order valence-corrected chi connectivity index (χ0v) is 15.0. The summed E-state index contributed by atoms with van der Waals surface area (Å²) in [4.78, 5) is 3.99. The lowest BCUT2D eigenvalue weighted by Crippen LogP contribution is -2.12. The molecule has 0 amide bonds. The van der Waals surface area contributed by atoms with E-state index in [9.17, 15) is 12.8 Å². The summed E-state index contributed by atoms with van der Waals surface area (Å²) in [5.41, 5.74) is 0.131. The number of hydrogen-bond acceptors (Lipinski definition) is 5. The van der Waals surface area contributed by atoms with Crippen molar-refractivity contribution in [2.45, 2.75) is 17.9 Å². The monoisotopic (exact) mass is 379 g/mol. The zero-order valence-electron chi connectivity index (χ0n) is 14.2. The van der Waals surface area contributed by atoms with E-state index in [1.54, 1.807) is 25.4 Å². The number of benzene rings is 1. The largest absolute Gasteiger partial charge is 0.453 e. The Kier molecular flexibility index (Phi) is 4.94. The fourth-order valence-corrected chi connectivity index (χ4v) is 3.18. The predicted octanol–water partition coefficient (Wildman–Crippen LogP) is 2.80. The molecule has 3 rings (SSSR count). The summed E-state index contributed by atoms with van der Waals surface area (Å²) in [5.74, 6) is 0.561. The molecule has 0 aliphatic heterocycles. The van der Waals surface area contributed by atoms with E-state index < -0.39 is 15.8 Å².